The van der Waals surface area contributed by atoms with Gasteiger partial charge < -0.3 is 23.8 Å². The maximum atomic E-state index is 11.8. The molecule has 2 rings (SSSR count). The molecule has 0 aromatic rings. The number of hydrogen-bond donors (Lipinski definition) is 0. The van der Waals surface area contributed by atoms with Crippen molar-refractivity contribution in [3.8, 4) is 0 Å². The zero-order chi connectivity index (χ0) is 23.8. The molecule has 0 aromatic heterocycles. The van der Waals surface area contributed by atoms with E-state index in [2.05, 4.69) is 0 Å². The molecule has 2 amide bonds. The fraction of sp³-hybridized carbons (Fsp3) is 0.762. The second kappa shape index (κ2) is 11.9. The minimum absolute atomic E-state index is 0.0263. The normalized spacial score (nSPS) is 27.9. The Morgan fingerprint density at radius 2 is 1.62 bits per heavy atom. The van der Waals surface area contributed by atoms with Crippen LogP contribution in [0, 0.1) is 11.8 Å². The molecule has 0 aromatic carbocycles. The Morgan fingerprint density at radius 3 is 2.22 bits per heavy atom. The number of esters is 2. The fourth-order valence-electron chi connectivity index (χ4n) is 3.70. The van der Waals surface area contributed by atoms with Gasteiger partial charge in [-0.1, -0.05) is 13.8 Å². The van der Waals surface area contributed by atoms with Gasteiger partial charge in [-0.3, -0.25) is 19.2 Å². The van der Waals surface area contributed by atoms with Crippen molar-refractivity contribution in [3.05, 3.63) is 0 Å². The lowest BCUT2D eigenvalue weighted by atomic mass is 9.80. The minimum Gasteiger partial charge on any atom is -0.463 e. The lowest BCUT2D eigenvalue weighted by molar-refractivity contribution is -0.208. The molecule has 5 atom stereocenters. The van der Waals surface area contributed by atoms with Gasteiger partial charge in [-0.05, 0) is 12.3 Å². The highest BCUT2D eigenvalue weighted by atomic mass is 16.7. The van der Waals surface area contributed by atoms with Crippen LogP contribution in [-0.2, 0) is 47.8 Å². The molecule has 0 aliphatic carbocycles. The molecule has 32 heavy (non-hydrogen) atoms. The zero-order valence-corrected chi connectivity index (χ0v) is 18.9. The van der Waals surface area contributed by atoms with Crippen LogP contribution in [0.4, 0.5) is 0 Å². The topological polar surface area (TPSA) is 135 Å². The standard InChI is InChI=1S/C21H31NO10/c1-12-13(2)21(30-15(4)24)17(11-29-14(3)23)31-16(12)7-9-28-10-8-20(27)32-22-18(25)5-6-19(22)26/h12-13,16-17,21H,5-11H2,1-4H3/t12?,13-,16-,17?,21-/m1/s1. The predicted molar refractivity (Wildman–Crippen MR) is 106 cm³/mol. The van der Waals surface area contributed by atoms with Crippen molar-refractivity contribution in [3.63, 3.8) is 0 Å². The second-order valence-corrected chi connectivity index (χ2v) is 8.00. The molecular weight excluding hydrogens is 426 g/mol. The molecule has 0 bridgehead atoms. The fourth-order valence-corrected chi connectivity index (χ4v) is 3.70. The first-order valence-corrected chi connectivity index (χ1v) is 10.7. The summed E-state index contributed by atoms with van der Waals surface area (Å²) in [5.74, 6) is -2.68. The van der Waals surface area contributed by atoms with Crippen molar-refractivity contribution < 1.29 is 47.8 Å². The predicted octanol–water partition coefficient (Wildman–Crippen LogP) is 0.925. The van der Waals surface area contributed by atoms with Crippen LogP contribution < -0.4 is 0 Å². The van der Waals surface area contributed by atoms with Gasteiger partial charge in [0.15, 0.2) is 0 Å². The van der Waals surface area contributed by atoms with E-state index < -0.39 is 41.9 Å². The van der Waals surface area contributed by atoms with Crippen LogP contribution in [0.15, 0.2) is 0 Å². The number of rotatable bonds is 10. The van der Waals surface area contributed by atoms with E-state index in [1.165, 1.54) is 13.8 Å². The number of carbonyl (C=O) groups is 5. The Labute approximate surface area is 186 Å². The van der Waals surface area contributed by atoms with Crippen LogP contribution in [0.5, 0.6) is 0 Å². The number of imide groups is 1. The van der Waals surface area contributed by atoms with Crippen LogP contribution >= 0.6 is 0 Å². The van der Waals surface area contributed by atoms with Crippen molar-refractivity contribution in [1.82, 2.24) is 5.06 Å². The molecule has 2 aliphatic heterocycles. The van der Waals surface area contributed by atoms with Crippen LogP contribution in [0.25, 0.3) is 0 Å². The third-order valence-corrected chi connectivity index (χ3v) is 5.60. The number of amides is 2. The summed E-state index contributed by atoms with van der Waals surface area (Å²) in [6.07, 6.45) is -0.890. The van der Waals surface area contributed by atoms with E-state index in [0.717, 1.165) is 0 Å². The number of hydrogen-bond acceptors (Lipinski definition) is 10. The molecular formula is C21H31NO10. The first-order valence-electron chi connectivity index (χ1n) is 10.7. The first-order chi connectivity index (χ1) is 15.1. The Balaban J connectivity index is 1.78. The maximum absolute atomic E-state index is 11.8. The van der Waals surface area contributed by atoms with Crippen LogP contribution in [0.3, 0.4) is 0 Å². The molecule has 0 spiro atoms. The summed E-state index contributed by atoms with van der Waals surface area (Å²) in [5, 5.41) is 0.504. The zero-order valence-electron chi connectivity index (χ0n) is 18.9. The molecule has 0 radical (unpaired) electrons. The molecule has 0 N–H and O–H groups in total. The largest absolute Gasteiger partial charge is 0.463 e. The van der Waals surface area contributed by atoms with Gasteiger partial charge in [-0.15, -0.1) is 5.06 Å². The Kier molecular flexibility index (Phi) is 9.58. The molecule has 2 unspecified atom stereocenters. The summed E-state index contributed by atoms with van der Waals surface area (Å²) in [4.78, 5) is 62.2. The van der Waals surface area contributed by atoms with Crippen LogP contribution in [0.1, 0.15) is 53.4 Å². The molecule has 11 heteroatoms. The summed E-state index contributed by atoms with van der Waals surface area (Å²) in [5.41, 5.74) is 0. The van der Waals surface area contributed by atoms with E-state index >= 15 is 0 Å². The smallest absolute Gasteiger partial charge is 0.335 e. The third-order valence-electron chi connectivity index (χ3n) is 5.60. The summed E-state index contributed by atoms with van der Waals surface area (Å²) in [6.45, 7) is 6.86. The highest BCUT2D eigenvalue weighted by Crippen LogP contribution is 2.34. The van der Waals surface area contributed by atoms with Gasteiger partial charge >= 0.3 is 17.9 Å². The van der Waals surface area contributed by atoms with Crippen molar-refractivity contribution in [2.45, 2.75) is 71.7 Å². The maximum Gasteiger partial charge on any atom is 0.335 e. The molecule has 2 fully saturated rings. The van der Waals surface area contributed by atoms with Crippen LogP contribution in [0.2, 0.25) is 0 Å². The summed E-state index contributed by atoms with van der Waals surface area (Å²) in [6, 6.07) is 0. The van der Waals surface area contributed by atoms with Gasteiger partial charge in [0.2, 0.25) is 0 Å². The average Bonchev–Trinajstić information content (AvgIpc) is 3.03. The van der Waals surface area contributed by atoms with Gasteiger partial charge in [0.1, 0.15) is 18.8 Å². The summed E-state index contributed by atoms with van der Waals surface area (Å²) >= 11 is 0. The third kappa shape index (κ3) is 7.27. The van der Waals surface area contributed by atoms with Crippen molar-refractivity contribution in [1.29, 1.82) is 0 Å². The monoisotopic (exact) mass is 457 g/mol. The Hall–Kier alpha value is -2.53. The Morgan fingerprint density at radius 1 is 0.969 bits per heavy atom. The Bertz CT molecular complexity index is 707. The van der Waals surface area contributed by atoms with Crippen LogP contribution in [-0.4, -0.2) is 72.9 Å². The van der Waals surface area contributed by atoms with Crippen molar-refractivity contribution >= 4 is 29.7 Å². The van der Waals surface area contributed by atoms with E-state index in [1.807, 2.05) is 13.8 Å². The lowest BCUT2D eigenvalue weighted by Crippen LogP contribution is -2.53. The number of ether oxygens (including phenoxy) is 4. The number of hydroxylamine groups is 2. The lowest BCUT2D eigenvalue weighted by Gasteiger charge is -2.44. The van der Waals surface area contributed by atoms with E-state index in [4.69, 9.17) is 23.8 Å². The van der Waals surface area contributed by atoms with Gasteiger partial charge in [-0.2, -0.15) is 0 Å². The molecule has 180 valence electrons. The van der Waals surface area contributed by atoms with Gasteiger partial charge in [0.05, 0.1) is 19.1 Å². The molecule has 0 saturated carbocycles. The minimum atomic E-state index is -0.727. The van der Waals surface area contributed by atoms with Crippen molar-refractivity contribution in [2.24, 2.45) is 11.8 Å². The van der Waals surface area contributed by atoms with E-state index in [1.54, 1.807) is 0 Å². The molecule has 11 nitrogen and oxygen atoms in total. The highest BCUT2D eigenvalue weighted by molar-refractivity contribution is 6.01. The molecule has 2 saturated heterocycles. The van der Waals surface area contributed by atoms with Crippen molar-refractivity contribution in [2.75, 3.05) is 19.8 Å². The SMILES string of the molecule is CC(=O)OCC1O[C@H](CCOCCC(=O)ON2C(=O)CCC2=O)C(C)[C@@H](C)[C@H]1OC(C)=O. The number of carbonyl (C=O) groups excluding carboxylic acids is 5. The average molecular weight is 457 g/mol. The van der Waals surface area contributed by atoms with Gasteiger partial charge in [-0.25, -0.2) is 4.79 Å². The number of nitrogens with zero attached hydrogens (tertiary/aromatic N) is 1. The van der Waals surface area contributed by atoms with Gasteiger partial charge in [0, 0.05) is 39.2 Å². The summed E-state index contributed by atoms with van der Waals surface area (Å²) < 4.78 is 22.0. The van der Waals surface area contributed by atoms with Gasteiger partial charge in [0.25, 0.3) is 11.8 Å². The summed E-state index contributed by atoms with van der Waals surface area (Å²) in [7, 11) is 0. The molecule has 2 heterocycles. The van der Waals surface area contributed by atoms with E-state index in [9.17, 15) is 24.0 Å². The molecule has 2 aliphatic rings. The highest BCUT2D eigenvalue weighted by Gasteiger charge is 2.43. The first kappa shape index (κ1) is 25.7. The second-order valence-electron chi connectivity index (χ2n) is 8.00. The van der Waals surface area contributed by atoms with E-state index in [-0.39, 0.29) is 57.0 Å². The van der Waals surface area contributed by atoms with E-state index in [0.29, 0.717) is 11.5 Å². The quantitative estimate of drug-likeness (QED) is 0.265.